The molecular weight excluding hydrogens is 522 g/mol. The molecular formula is C29H32F2N4O3S. The van der Waals surface area contributed by atoms with Gasteiger partial charge in [-0.3, -0.25) is 4.79 Å². The topological polar surface area (TPSA) is 99.3 Å². The number of aliphatic hydroxyl groups excluding tert-OH is 1. The molecule has 4 rings (SSSR count). The lowest BCUT2D eigenvalue weighted by molar-refractivity contribution is -0.120. The number of fused-ring (bicyclic) bond motifs is 1. The summed E-state index contributed by atoms with van der Waals surface area (Å²) in [6.07, 6.45) is -0.0168. The molecule has 206 valence electrons. The Morgan fingerprint density at radius 1 is 1.08 bits per heavy atom. The van der Waals surface area contributed by atoms with Crippen LogP contribution in [0, 0.1) is 11.6 Å². The molecule has 10 heteroatoms. The van der Waals surface area contributed by atoms with Crippen LogP contribution in [0.5, 0.6) is 5.75 Å². The number of aromatic amines is 1. The van der Waals surface area contributed by atoms with Crippen LogP contribution in [0.1, 0.15) is 23.6 Å². The summed E-state index contributed by atoms with van der Waals surface area (Å²) in [6, 6.07) is 16.0. The average Bonchev–Trinajstić information content (AvgIpc) is 3.33. The molecule has 0 fully saturated rings. The number of thioether (sulfide) groups is 1. The van der Waals surface area contributed by atoms with E-state index >= 15 is 0 Å². The summed E-state index contributed by atoms with van der Waals surface area (Å²) in [4.78, 5) is 20.5. The predicted molar refractivity (Wildman–Crippen MR) is 149 cm³/mol. The van der Waals surface area contributed by atoms with E-state index in [-0.39, 0.29) is 24.6 Å². The van der Waals surface area contributed by atoms with Gasteiger partial charge in [0, 0.05) is 25.2 Å². The molecule has 1 amide bonds. The van der Waals surface area contributed by atoms with Gasteiger partial charge in [0.25, 0.3) is 0 Å². The molecule has 0 saturated carbocycles. The number of imidazole rings is 1. The van der Waals surface area contributed by atoms with E-state index in [9.17, 15) is 18.7 Å². The maximum absolute atomic E-state index is 13.8. The van der Waals surface area contributed by atoms with Crippen molar-refractivity contribution in [3.05, 3.63) is 89.0 Å². The summed E-state index contributed by atoms with van der Waals surface area (Å²) >= 11 is 1.21. The van der Waals surface area contributed by atoms with Crippen LogP contribution in [0.3, 0.4) is 0 Å². The van der Waals surface area contributed by atoms with Gasteiger partial charge < -0.3 is 25.5 Å². The lowest BCUT2D eigenvalue weighted by Gasteiger charge is -2.25. The molecule has 0 radical (unpaired) electrons. The van der Waals surface area contributed by atoms with Crippen LogP contribution in [-0.2, 0) is 24.2 Å². The molecule has 2 unspecified atom stereocenters. The number of aliphatic hydroxyl groups is 1. The van der Waals surface area contributed by atoms with Crippen molar-refractivity contribution in [2.24, 2.45) is 0 Å². The average molecular weight is 555 g/mol. The molecule has 0 bridgehead atoms. The first-order valence-electron chi connectivity index (χ1n) is 12.7. The molecule has 4 aromatic rings. The molecule has 0 spiro atoms. The molecule has 0 aliphatic rings. The lowest BCUT2D eigenvalue weighted by atomic mass is 10.0. The molecule has 0 aliphatic carbocycles. The first-order chi connectivity index (χ1) is 18.8. The highest BCUT2D eigenvalue weighted by Gasteiger charge is 2.23. The maximum Gasteiger partial charge on any atom is 0.230 e. The molecule has 39 heavy (non-hydrogen) atoms. The van der Waals surface area contributed by atoms with Gasteiger partial charge in [-0.15, -0.1) is 0 Å². The highest BCUT2D eigenvalue weighted by atomic mass is 32.2. The number of benzene rings is 3. The monoisotopic (exact) mass is 554 g/mol. The third-order valence-corrected chi connectivity index (χ3v) is 7.15. The quantitative estimate of drug-likeness (QED) is 0.183. The first kappa shape index (κ1) is 28.5. The van der Waals surface area contributed by atoms with E-state index < -0.39 is 23.8 Å². The number of aromatic nitrogens is 2. The Morgan fingerprint density at radius 2 is 1.85 bits per heavy atom. The van der Waals surface area contributed by atoms with Gasteiger partial charge in [-0.1, -0.05) is 43.0 Å². The maximum atomic E-state index is 13.8. The lowest BCUT2D eigenvalue weighted by Crippen LogP contribution is -2.49. The normalized spacial score (nSPS) is 12.8. The number of ether oxygens (including phenoxy) is 1. The van der Waals surface area contributed by atoms with E-state index in [4.69, 9.17) is 4.74 Å². The highest BCUT2D eigenvalue weighted by Crippen LogP contribution is 2.23. The molecule has 1 aromatic heterocycles. The number of rotatable bonds is 13. The number of aryl methyl sites for hydroxylation is 1. The van der Waals surface area contributed by atoms with Crippen LogP contribution in [0.25, 0.3) is 11.0 Å². The largest absolute Gasteiger partial charge is 0.497 e. The Labute approximate surface area is 230 Å². The van der Waals surface area contributed by atoms with Crippen molar-refractivity contribution in [2.45, 2.75) is 43.6 Å². The van der Waals surface area contributed by atoms with E-state index in [1.165, 1.54) is 29.5 Å². The number of carbonyl (C=O) groups is 1. The Kier molecular flexibility index (Phi) is 9.91. The van der Waals surface area contributed by atoms with Gasteiger partial charge in [0.05, 0.1) is 36.0 Å². The van der Waals surface area contributed by atoms with Crippen molar-refractivity contribution in [1.29, 1.82) is 0 Å². The molecule has 3 aromatic carbocycles. The van der Waals surface area contributed by atoms with Gasteiger partial charge in [0.1, 0.15) is 17.4 Å². The van der Waals surface area contributed by atoms with Gasteiger partial charge in [0.2, 0.25) is 5.91 Å². The third kappa shape index (κ3) is 8.26. The smallest absolute Gasteiger partial charge is 0.230 e. The fourth-order valence-corrected chi connectivity index (χ4v) is 4.97. The van der Waals surface area contributed by atoms with E-state index in [2.05, 4.69) is 39.7 Å². The van der Waals surface area contributed by atoms with Crippen molar-refractivity contribution >= 4 is 28.7 Å². The van der Waals surface area contributed by atoms with Crippen molar-refractivity contribution in [3.8, 4) is 5.75 Å². The summed E-state index contributed by atoms with van der Waals surface area (Å²) in [5, 5.41) is 17.6. The van der Waals surface area contributed by atoms with Gasteiger partial charge in [-0.2, -0.15) is 0 Å². The summed E-state index contributed by atoms with van der Waals surface area (Å²) in [7, 11) is 1.58. The number of halogens is 2. The number of carbonyl (C=O) groups excluding carboxylic acids is 1. The summed E-state index contributed by atoms with van der Waals surface area (Å²) in [6.45, 7) is 2.80. The standard InChI is InChI=1S/C29H32F2N4O3S/c1-3-18-5-4-6-19(9-18)15-32-16-27(36)26(12-20-10-21(30)13-22(31)11-20)33-28(37)17-39-29-34-24-8-7-23(38-2)14-25(24)35-29/h4-11,13-14,26-27,32,36H,3,12,15-17H2,1-2H3,(H,33,37)(H,34,35). The second-order valence-corrected chi connectivity index (χ2v) is 10.2. The first-order valence-corrected chi connectivity index (χ1v) is 13.7. The summed E-state index contributed by atoms with van der Waals surface area (Å²) < 4.78 is 32.9. The van der Waals surface area contributed by atoms with E-state index in [1.807, 2.05) is 24.3 Å². The SMILES string of the molecule is CCc1cccc(CNCC(O)C(Cc2cc(F)cc(F)c2)NC(=O)CSc2nc3ccc(OC)cc3[nH]2)c1. The fourth-order valence-electron chi connectivity index (χ4n) is 4.28. The second-order valence-electron chi connectivity index (χ2n) is 9.24. The van der Waals surface area contributed by atoms with Crippen LogP contribution in [0.15, 0.2) is 65.8 Å². The van der Waals surface area contributed by atoms with Crippen LogP contribution in [-0.4, -0.2) is 52.5 Å². The molecule has 4 N–H and O–H groups in total. The zero-order valence-corrected chi connectivity index (χ0v) is 22.7. The van der Waals surface area contributed by atoms with Gasteiger partial charge in [0.15, 0.2) is 5.16 Å². The van der Waals surface area contributed by atoms with Crippen LogP contribution in [0.4, 0.5) is 8.78 Å². The minimum absolute atomic E-state index is 0.0366. The minimum Gasteiger partial charge on any atom is -0.497 e. The zero-order chi connectivity index (χ0) is 27.8. The van der Waals surface area contributed by atoms with Crippen molar-refractivity contribution in [2.75, 3.05) is 19.4 Å². The number of nitrogens with one attached hydrogen (secondary N) is 3. The minimum atomic E-state index is -1.00. The van der Waals surface area contributed by atoms with Crippen LogP contribution >= 0.6 is 11.8 Å². The molecule has 0 saturated heterocycles. The zero-order valence-electron chi connectivity index (χ0n) is 21.8. The number of hydrogen-bond donors (Lipinski definition) is 4. The number of H-pyrrole nitrogens is 1. The Balaban J connectivity index is 1.39. The van der Waals surface area contributed by atoms with Gasteiger partial charge >= 0.3 is 0 Å². The molecule has 7 nitrogen and oxygen atoms in total. The molecule has 0 aliphatic heterocycles. The Bertz CT molecular complexity index is 1390. The predicted octanol–water partition coefficient (Wildman–Crippen LogP) is 4.38. The van der Waals surface area contributed by atoms with Crippen molar-refractivity contribution in [1.82, 2.24) is 20.6 Å². The van der Waals surface area contributed by atoms with Crippen LogP contribution < -0.4 is 15.4 Å². The molecule has 2 atom stereocenters. The summed E-state index contributed by atoms with van der Waals surface area (Å²) in [5.41, 5.74) is 4.17. The highest BCUT2D eigenvalue weighted by molar-refractivity contribution is 7.99. The summed E-state index contributed by atoms with van der Waals surface area (Å²) in [5.74, 6) is -1.03. The number of hydrogen-bond acceptors (Lipinski definition) is 6. The second kappa shape index (κ2) is 13.5. The molecule has 1 heterocycles. The van der Waals surface area contributed by atoms with Crippen molar-refractivity contribution < 1.29 is 23.4 Å². The van der Waals surface area contributed by atoms with Crippen molar-refractivity contribution in [3.63, 3.8) is 0 Å². The van der Waals surface area contributed by atoms with Gasteiger partial charge in [-0.05, 0) is 53.8 Å². The van der Waals surface area contributed by atoms with Crippen LogP contribution in [0.2, 0.25) is 0 Å². The third-order valence-electron chi connectivity index (χ3n) is 6.28. The Hall–Kier alpha value is -3.47. The van der Waals surface area contributed by atoms with Gasteiger partial charge in [-0.25, -0.2) is 13.8 Å². The Morgan fingerprint density at radius 3 is 2.59 bits per heavy atom. The number of amides is 1. The van der Waals surface area contributed by atoms with E-state index in [0.717, 1.165) is 29.1 Å². The van der Waals surface area contributed by atoms with E-state index in [0.29, 0.717) is 23.0 Å². The fraction of sp³-hybridized carbons (Fsp3) is 0.310. The van der Waals surface area contributed by atoms with E-state index in [1.54, 1.807) is 13.2 Å². The number of nitrogens with zero attached hydrogens (tertiary/aromatic N) is 1. The number of methoxy groups -OCH3 is 1.